The third-order valence-corrected chi connectivity index (χ3v) is 3.04. The molecule has 0 radical (unpaired) electrons. The first-order valence-corrected chi connectivity index (χ1v) is 5.95. The number of ether oxygens (including phenoxy) is 1. The molecule has 0 bridgehead atoms. The number of hydrogen-bond acceptors (Lipinski definition) is 3. The smallest absolute Gasteiger partial charge is 0.131 e. The number of benzene rings is 1. The van der Waals surface area contributed by atoms with Crippen molar-refractivity contribution in [1.82, 2.24) is 9.78 Å². The number of rotatable bonds is 3. The predicted octanol–water partition coefficient (Wildman–Crippen LogP) is 2.17. The zero-order valence-electron chi connectivity index (χ0n) is 11.3. The third-order valence-electron chi connectivity index (χ3n) is 3.04. The highest BCUT2D eigenvalue weighted by Gasteiger charge is 2.14. The van der Waals surface area contributed by atoms with E-state index < -0.39 is 0 Å². The molecular formula is C14H19N3O. The molecule has 0 unspecified atom stereocenters. The highest BCUT2D eigenvalue weighted by atomic mass is 16.5. The summed E-state index contributed by atoms with van der Waals surface area (Å²) in [5, 5.41) is 4.38. The number of nitrogens with zero attached hydrogens (tertiary/aromatic N) is 2. The Labute approximate surface area is 107 Å². The highest BCUT2D eigenvalue weighted by Crippen LogP contribution is 2.34. The van der Waals surface area contributed by atoms with Crippen LogP contribution < -0.4 is 10.5 Å². The van der Waals surface area contributed by atoms with Crippen molar-refractivity contribution in [1.29, 1.82) is 0 Å². The second-order valence-electron chi connectivity index (χ2n) is 4.51. The van der Waals surface area contributed by atoms with Gasteiger partial charge in [0.05, 0.1) is 18.5 Å². The van der Waals surface area contributed by atoms with Crippen LogP contribution in [-0.4, -0.2) is 16.9 Å². The second kappa shape index (κ2) is 4.82. The summed E-state index contributed by atoms with van der Waals surface area (Å²) in [4.78, 5) is 0. The molecule has 4 nitrogen and oxygen atoms in total. The molecule has 0 fully saturated rings. The minimum Gasteiger partial charge on any atom is -0.496 e. The molecule has 2 aromatic rings. The molecule has 0 atom stereocenters. The lowest BCUT2D eigenvalue weighted by Gasteiger charge is -2.12. The number of nitrogens with two attached hydrogens (primary N) is 1. The van der Waals surface area contributed by atoms with E-state index in [4.69, 9.17) is 10.5 Å². The van der Waals surface area contributed by atoms with E-state index >= 15 is 0 Å². The van der Waals surface area contributed by atoms with Crippen LogP contribution in [0.25, 0.3) is 11.3 Å². The van der Waals surface area contributed by atoms with Gasteiger partial charge in [0.1, 0.15) is 5.75 Å². The summed E-state index contributed by atoms with van der Waals surface area (Å²) in [5.41, 5.74) is 10.9. The molecule has 0 aliphatic carbocycles. The molecule has 0 amide bonds. The van der Waals surface area contributed by atoms with Crippen molar-refractivity contribution in [3.63, 3.8) is 0 Å². The molecule has 2 rings (SSSR count). The number of aromatic nitrogens is 2. The van der Waals surface area contributed by atoms with E-state index in [1.165, 1.54) is 5.56 Å². The molecular weight excluding hydrogens is 226 g/mol. The Morgan fingerprint density at radius 2 is 2.00 bits per heavy atom. The Balaban J connectivity index is 2.65. The summed E-state index contributed by atoms with van der Waals surface area (Å²) in [7, 11) is 3.62. The van der Waals surface area contributed by atoms with Gasteiger partial charge in [0.2, 0.25) is 0 Å². The van der Waals surface area contributed by atoms with Crippen LogP contribution >= 0.6 is 0 Å². The average Bonchev–Trinajstić information content (AvgIpc) is 2.69. The largest absolute Gasteiger partial charge is 0.496 e. The van der Waals surface area contributed by atoms with E-state index in [9.17, 15) is 0 Å². The first-order valence-electron chi connectivity index (χ1n) is 5.95. The van der Waals surface area contributed by atoms with E-state index in [2.05, 4.69) is 31.1 Å². The molecule has 0 spiro atoms. The summed E-state index contributed by atoms with van der Waals surface area (Å²) in [6.07, 6.45) is 0. The Morgan fingerprint density at radius 1 is 1.28 bits per heavy atom. The van der Waals surface area contributed by atoms with E-state index in [0.29, 0.717) is 6.54 Å². The van der Waals surface area contributed by atoms with Crippen LogP contribution in [0.4, 0.5) is 0 Å². The fourth-order valence-corrected chi connectivity index (χ4v) is 2.29. The van der Waals surface area contributed by atoms with Crippen LogP contribution in [0.15, 0.2) is 18.2 Å². The number of aryl methyl sites for hydroxylation is 3. The second-order valence-corrected chi connectivity index (χ2v) is 4.51. The molecule has 0 saturated heterocycles. The average molecular weight is 245 g/mol. The van der Waals surface area contributed by atoms with Crippen molar-refractivity contribution in [2.24, 2.45) is 12.8 Å². The van der Waals surface area contributed by atoms with E-state index in [-0.39, 0.29) is 0 Å². The van der Waals surface area contributed by atoms with Gasteiger partial charge in [-0.15, -0.1) is 0 Å². The van der Waals surface area contributed by atoms with Gasteiger partial charge in [-0.1, -0.05) is 6.07 Å². The molecule has 1 heterocycles. The van der Waals surface area contributed by atoms with Crippen molar-refractivity contribution in [3.05, 3.63) is 35.0 Å². The minimum absolute atomic E-state index is 0.445. The number of methoxy groups -OCH3 is 1. The summed E-state index contributed by atoms with van der Waals surface area (Å²) in [6, 6.07) is 6.24. The van der Waals surface area contributed by atoms with Gasteiger partial charge in [0.25, 0.3) is 0 Å². The molecule has 2 N–H and O–H groups in total. The molecule has 4 heteroatoms. The highest BCUT2D eigenvalue weighted by molar-refractivity contribution is 5.70. The lowest BCUT2D eigenvalue weighted by molar-refractivity contribution is 0.413. The molecule has 18 heavy (non-hydrogen) atoms. The van der Waals surface area contributed by atoms with E-state index in [1.807, 2.05) is 17.8 Å². The summed E-state index contributed by atoms with van der Waals surface area (Å²) in [6.45, 7) is 4.58. The maximum Gasteiger partial charge on any atom is 0.131 e. The minimum atomic E-state index is 0.445. The first-order chi connectivity index (χ1) is 8.56. The molecule has 96 valence electrons. The predicted molar refractivity (Wildman–Crippen MR) is 72.6 cm³/mol. The zero-order chi connectivity index (χ0) is 13.3. The van der Waals surface area contributed by atoms with Gasteiger partial charge in [-0.25, -0.2) is 0 Å². The summed E-state index contributed by atoms with van der Waals surface area (Å²) >= 11 is 0. The molecule has 0 saturated carbocycles. The van der Waals surface area contributed by atoms with Crippen molar-refractivity contribution >= 4 is 0 Å². The van der Waals surface area contributed by atoms with Gasteiger partial charge >= 0.3 is 0 Å². The Hall–Kier alpha value is -1.81. The van der Waals surface area contributed by atoms with Crippen LogP contribution in [0.1, 0.15) is 16.8 Å². The van der Waals surface area contributed by atoms with Crippen molar-refractivity contribution in [2.45, 2.75) is 20.4 Å². The van der Waals surface area contributed by atoms with Crippen molar-refractivity contribution < 1.29 is 4.74 Å². The van der Waals surface area contributed by atoms with E-state index in [1.54, 1.807) is 7.11 Å². The van der Waals surface area contributed by atoms with Crippen LogP contribution in [0.5, 0.6) is 5.75 Å². The third kappa shape index (κ3) is 2.11. The van der Waals surface area contributed by atoms with Crippen LogP contribution in [0.2, 0.25) is 0 Å². The number of hydrogen-bond donors (Lipinski definition) is 1. The summed E-state index contributed by atoms with van der Waals surface area (Å²) in [5.74, 6) is 0.896. The maximum atomic E-state index is 5.63. The standard InChI is InChI=1S/C14H19N3O/c1-9-5-10(2)14(18-4)12(6-9)13-7-11(8-15)16-17(13)3/h5-7H,8,15H2,1-4H3. The zero-order valence-corrected chi connectivity index (χ0v) is 11.3. The monoisotopic (exact) mass is 245 g/mol. The van der Waals surface area contributed by atoms with Crippen LogP contribution in [0, 0.1) is 13.8 Å². The van der Waals surface area contributed by atoms with Gasteiger partial charge in [0.15, 0.2) is 0 Å². The van der Waals surface area contributed by atoms with Gasteiger partial charge in [-0.05, 0) is 37.1 Å². The SMILES string of the molecule is COc1c(C)cc(C)cc1-c1cc(CN)nn1C. The molecule has 1 aromatic carbocycles. The molecule has 1 aromatic heterocycles. The van der Waals surface area contributed by atoms with Crippen molar-refractivity contribution in [3.8, 4) is 17.0 Å². The quantitative estimate of drug-likeness (QED) is 0.901. The molecule has 0 aliphatic rings. The topological polar surface area (TPSA) is 53.1 Å². The normalized spacial score (nSPS) is 10.7. The summed E-state index contributed by atoms with van der Waals surface area (Å²) < 4.78 is 7.36. The Kier molecular flexibility index (Phi) is 3.39. The van der Waals surface area contributed by atoms with Crippen LogP contribution in [-0.2, 0) is 13.6 Å². The molecule has 0 aliphatic heterocycles. The van der Waals surface area contributed by atoms with Gasteiger partial charge in [-0.2, -0.15) is 5.10 Å². The lowest BCUT2D eigenvalue weighted by atomic mass is 10.0. The first kappa shape index (κ1) is 12.6. The van der Waals surface area contributed by atoms with E-state index in [0.717, 1.165) is 28.3 Å². The fraction of sp³-hybridized carbons (Fsp3) is 0.357. The Morgan fingerprint density at radius 3 is 2.56 bits per heavy atom. The van der Waals surface area contributed by atoms with Gasteiger partial charge in [0, 0.05) is 19.2 Å². The van der Waals surface area contributed by atoms with Crippen molar-refractivity contribution in [2.75, 3.05) is 7.11 Å². The Bertz CT molecular complexity index is 573. The maximum absolute atomic E-state index is 5.63. The fourth-order valence-electron chi connectivity index (χ4n) is 2.29. The van der Waals surface area contributed by atoms with Crippen LogP contribution in [0.3, 0.4) is 0 Å². The lowest BCUT2D eigenvalue weighted by Crippen LogP contribution is -2.00. The van der Waals surface area contributed by atoms with Gasteiger partial charge < -0.3 is 10.5 Å². The van der Waals surface area contributed by atoms with Gasteiger partial charge in [-0.3, -0.25) is 4.68 Å².